The van der Waals surface area contributed by atoms with Gasteiger partial charge in [0.15, 0.2) is 0 Å². The Kier molecular flexibility index (Phi) is 6.96. The fraction of sp³-hybridized carbons (Fsp3) is 0.407. The topological polar surface area (TPSA) is 63.6 Å². The van der Waals surface area contributed by atoms with Crippen LogP contribution in [0.5, 0.6) is 0 Å². The molecule has 0 saturated carbocycles. The SMILES string of the molecule is Cc1c(Cl)cccc1C1(Nc2ccc3ccn(CC(F)(F)F)c(=O)c3c2)CCN(C(=O)OC(C)(C)C)C1. The predicted molar refractivity (Wildman–Crippen MR) is 138 cm³/mol. The van der Waals surface area contributed by atoms with Crippen molar-refractivity contribution in [2.75, 3.05) is 18.4 Å². The summed E-state index contributed by atoms with van der Waals surface area (Å²) < 4.78 is 45.1. The first kappa shape index (κ1) is 26.9. The van der Waals surface area contributed by atoms with Crippen LogP contribution in [-0.4, -0.2) is 40.4 Å². The van der Waals surface area contributed by atoms with Gasteiger partial charge in [-0.2, -0.15) is 13.2 Å². The van der Waals surface area contributed by atoms with Gasteiger partial charge in [-0.1, -0.05) is 29.8 Å². The minimum atomic E-state index is -4.52. The molecule has 3 aromatic rings. The van der Waals surface area contributed by atoms with E-state index in [9.17, 15) is 22.8 Å². The molecule has 10 heteroatoms. The molecule has 1 unspecified atom stereocenters. The van der Waals surface area contributed by atoms with Gasteiger partial charge in [0.2, 0.25) is 0 Å². The van der Waals surface area contributed by atoms with Gasteiger partial charge in [0.1, 0.15) is 12.1 Å². The zero-order valence-electron chi connectivity index (χ0n) is 21.1. The summed E-state index contributed by atoms with van der Waals surface area (Å²) in [5.74, 6) is 0. The number of benzene rings is 2. The molecule has 2 heterocycles. The number of anilines is 1. The Morgan fingerprint density at radius 1 is 1.16 bits per heavy atom. The molecule has 0 radical (unpaired) electrons. The van der Waals surface area contributed by atoms with Gasteiger partial charge in [-0.25, -0.2) is 4.79 Å². The van der Waals surface area contributed by atoms with E-state index in [0.29, 0.717) is 33.6 Å². The highest BCUT2D eigenvalue weighted by Crippen LogP contribution is 2.40. The van der Waals surface area contributed by atoms with Crippen molar-refractivity contribution in [1.29, 1.82) is 0 Å². The van der Waals surface area contributed by atoms with E-state index in [1.165, 1.54) is 6.07 Å². The Bertz CT molecular complexity index is 1400. The summed E-state index contributed by atoms with van der Waals surface area (Å²) in [5, 5.41) is 4.76. The lowest BCUT2D eigenvalue weighted by Gasteiger charge is -2.34. The van der Waals surface area contributed by atoms with Gasteiger partial charge in [0.05, 0.1) is 12.1 Å². The maximum absolute atomic E-state index is 13.0. The molecule has 6 nitrogen and oxygen atoms in total. The molecule has 4 rings (SSSR count). The molecular formula is C27H29ClF3N3O3. The normalized spacial score (nSPS) is 18.3. The van der Waals surface area contributed by atoms with Crippen LogP contribution >= 0.6 is 11.6 Å². The van der Waals surface area contributed by atoms with E-state index in [1.807, 2.05) is 19.1 Å². The van der Waals surface area contributed by atoms with Crippen LogP contribution in [0.3, 0.4) is 0 Å². The van der Waals surface area contributed by atoms with E-state index >= 15 is 0 Å². The first-order chi connectivity index (χ1) is 17.2. The van der Waals surface area contributed by atoms with Gasteiger partial charge in [-0.15, -0.1) is 0 Å². The molecule has 0 aliphatic carbocycles. The number of hydrogen-bond acceptors (Lipinski definition) is 4. The number of nitrogens with zero attached hydrogens (tertiary/aromatic N) is 2. The second kappa shape index (κ2) is 9.59. The number of aromatic nitrogens is 1. The molecule has 2 aromatic carbocycles. The monoisotopic (exact) mass is 535 g/mol. The summed E-state index contributed by atoms with van der Waals surface area (Å²) in [4.78, 5) is 27.4. The Morgan fingerprint density at radius 2 is 1.89 bits per heavy atom. The largest absolute Gasteiger partial charge is 0.444 e. The Labute approximate surface area is 218 Å². The van der Waals surface area contributed by atoms with Gasteiger partial charge in [-0.05, 0) is 74.9 Å². The Hall–Kier alpha value is -3.20. The lowest BCUT2D eigenvalue weighted by atomic mass is 9.85. The number of likely N-dealkylation sites (tertiary alicyclic amines) is 1. The summed E-state index contributed by atoms with van der Waals surface area (Å²) >= 11 is 6.44. The van der Waals surface area contributed by atoms with Crippen molar-refractivity contribution < 1.29 is 22.7 Å². The minimum absolute atomic E-state index is 0.164. The van der Waals surface area contributed by atoms with Crippen molar-refractivity contribution in [3.05, 3.63) is 75.2 Å². The standard InChI is InChI=1S/C27H29ClF3N3O3/c1-17-21(6-5-7-22(17)28)26(11-13-34(15-26)24(36)37-25(2,3)4)32-19-9-8-18-10-12-33(16-27(29,30)31)23(35)20(18)14-19/h5-10,12,14,32H,11,13,15-16H2,1-4H3. The number of fused-ring (bicyclic) bond motifs is 1. The van der Waals surface area contributed by atoms with Gasteiger partial charge in [0, 0.05) is 28.8 Å². The number of pyridine rings is 1. The fourth-order valence-electron chi connectivity index (χ4n) is 4.76. The van der Waals surface area contributed by atoms with E-state index in [-0.39, 0.29) is 11.9 Å². The van der Waals surface area contributed by atoms with Gasteiger partial charge >= 0.3 is 12.3 Å². The minimum Gasteiger partial charge on any atom is -0.444 e. The maximum Gasteiger partial charge on any atom is 0.410 e. The average Bonchev–Trinajstić information content (AvgIpc) is 3.21. The van der Waals surface area contributed by atoms with E-state index in [1.54, 1.807) is 49.9 Å². The molecule has 1 aliphatic rings. The van der Waals surface area contributed by atoms with Crippen LogP contribution < -0.4 is 10.9 Å². The predicted octanol–water partition coefficient (Wildman–Crippen LogP) is 6.47. The van der Waals surface area contributed by atoms with Crippen molar-refractivity contribution in [3.63, 3.8) is 0 Å². The average molecular weight is 536 g/mol. The van der Waals surface area contributed by atoms with Crippen molar-refractivity contribution in [3.8, 4) is 0 Å². The lowest BCUT2D eigenvalue weighted by Crippen LogP contribution is -2.42. The maximum atomic E-state index is 13.0. The second-order valence-corrected chi connectivity index (χ2v) is 10.8. The summed E-state index contributed by atoms with van der Waals surface area (Å²) in [6.07, 6.45) is -3.28. The molecule has 1 atom stereocenters. The second-order valence-electron chi connectivity index (χ2n) is 10.4. The molecule has 1 fully saturated rings. The zero-order valence-corrected chi connectivity index (χ0v) is 21.8. The molecule has 198 valence electrons. The number of halogens is 4. The summed E-state index contributed by atoms with van der Waals surface area (Å²) in [6.45, 7) is 6.62. The molecule has 0 spiro atoms. The third-order valence-corrected chi connectivity index (χ3v) is 6.83. The summed E-state index contributed by atoms with van der Waals surface area (Å²) in [7, 11) is 0. The first-order valence-corrected chi connectivity index (χ1v) is 12.3. The fourth-order valence-corrected chi connectivity index (χ4v) is 4.93. The summed E-state index contributed by atoms with van der Waals surface area (Å²) in [6, 6.07) is 12.1. The van der Waals surface area contributed by atoms with Crippen molar-refractivity contribution in [1.82, 2.24) is 9.47 Å². The number of ether oxygens (including phenoxy) is 1. The number of hydrogen-bond donors (Lipinski definition) is 1. The van der Waals surface area contributed by atoms with Crippen molar-refractivity contribution in [2.24, 2.45) is 0 Å². The first-order valence-electron chi connectivity index (χ1n) is 11.9. The number of carbonyl (C=O) groups excluding carboxylic acids is 1. The third kappa shape index (κ3) is 5.87. The van der Waals surface area contributed by atoms with E-state index in [0.717, 1.165) is 17.3 Å². The van der Waals surface area contributed by atoms with Gasteiger partial charge in [0.25, 0.3) is 5.56 Å². The van der Waals surface area contributed by atoms with Crippen LogP contribution in [0.25, 0.3) is 10.8 Å². The molecule has 37 heavy (non-hydrogen) atoms. The van der Waals surface area contributed by atoms with Crippen molar-refractivity contribution in [2.45, 2.75) is 58.0 Å². The van der Waals surface area contributed by atoms with E-state index in [4.69, 9.17) is 16.3 Å². The molecule has 1 amide bonds. The highest BCUT2D eigenvalue weighted by molar-refractivity contribution is 6.31. The van der Waals surface area contributed by atoms with Crippen LogP contribution in [0.2, 0.25) is 5.02 Å². The molecule has 1 aliphatic heterocycles. The van der Waals surface area contributed by atoms with Crippen molar-refractivity contribution >= 4 is 34.2 Å². The zero-order chi connectivity index (χ0) is 27.2. The lowest BCUT2D eigenvalue weighted by molar-refractivity contribution is -0.141. The molecule has 0 bridgehead atoms. The quantitative estimate of drug-likeness (QED) is 0.416. The molecule has 1 N–H and O–H groups in total. The Morgan fingerprint density at radius 3 is 2.57 bits per heavy atom. The summed E-state index contributed by atoms with van der Waals surface area (Å²) in [5.41, 5.74) is 0.119. The smallest absolute Gasteiger partial charge is 0.410 e. The van der Waals surface area contributed by atoms with Crippen LogP contribution in [0.15, 0.2) is 53.5 Å². The number of alkyl halides is 3. The number of amides is 1. The van der Waals surface area contributed by atoms with E-state index < -0.39 is 35.5 Å². The number of rotatable bonds is 4. The van der Waals surface area contributed by atoms with Crippen LogP contribution in [0.1, 0.15) is 38.3 Å². The third-order valence-electron chi connectivity index (χ3n) is 6.42. The highest BCUT2D eigenvalue weighted by Gasteiger charge is 2.43. The number of nitrogens with one attached hydrogen (secondary N) is 1. The van der Waals surface area contributed by atoms with Gasteiger partial charge < -0.3 is 19.5 Å². The van der Waals surface area contributed by atoms with Crippen LogP contribution in [0.4, 0.5) is 23.7 Å². The van der Waals surface area contributed by atoms with Crippen LogP contribution in [-0.2, 0) is 16.8 Å². The molecular weight excluding hydrogens is 507 g/mol. The van der Waals surface area contributed by atoms with Crippen LogP contribution in [0, 0.1) is 6.92 Å². The Balaban J connectivity index is 1.75. The molecule has 1 aromatic heterocycles. The number of carbonyl (C=O) groups is 1. The van der Waals surface area contributed by atoms with E-state index in [2.05, 4.69) is 5.32 Å². The molecule has 1 saturated heterocycles. The highest BCUT2D eigenvalue weighted by atomic mass is 35.5. The van der Waals surface area contributed by atoms with Gasteiger partial charge in [-0.3, -0.25) is 4.79 Å².